The molecular formula is C14H16N8OS. The summed E-state index contributed by atoms with van der Waals surface area (Å²) in [4.78, 5) is 25.7. The number of hydrogen-bond donors (Lipinski definition) is 0. The number of rotatable bonds is 4. The van der Waals surface area contributed by atoms with E-state index in [0.29, 0.717) is 25.9 Å². The highest BCUT2D eigenvalue weighted by atomic mass is 32.1. The largest absolute Gasteiger partial charge is 0.339 e. The summed E-state index contributed by atoms with van der Waals surface area (Å²) in [5.74, 6) is 0.888. The van der Waals surface area contributed by atoms with E-state index in [1.807, 2.05) is 4.90 Å². The first-order valence-corrected chi connectivity index (χ1v) is 8.57. The van der Waals surface area contributed by atoms with Crippen LogP contribution in [-0.4, -0.2) is 66.8 Å². The van der Waals surface area contributed by atoms with Gasteiger partial charge in [-0.05, 0) is 6.07 Å². The molecule has 9 nitrogen and oxygen atoms in total. The maximum absolute atomic E-state index is 12.4. The van der Waals surface area contributed by atoms with E-state index in [1.54, 1.807) is 29.3 Å². The summed E-state index contributed by atoms with van der Waals surface area (Å²) in [5, 5.41) is 13.0. The number of aromatic nitrogens is 6. The van der Waals surface area contributed by atoms with Gasteiger partial charge in [-0.1, -0.05) is 11.3 Å². The van der Waals surface area contributed by atoms with Gasteiger partial charge in [0.05, 0.1) is 0 Å². The minimum absolute atomic E-state index is 0.162. The van der Waals surface area contributed by atoms with Crippen molar-refractivity contribution >= 4 is 28.2 Å². The van der Waals surface area contributed by atoms with E-state index in [9.17, 15) is 4.79 Å². The lowest BCUT2D eigenvalue weighted by Gasteiger charge is -2.34. The van der Waals surface area contributed by atoms with Gasteiger partial charge in [0, 0.05) is 51.4 Å². The lowest BCUT2D eigenvalue weighted by molar-refractivity contribution is -0.131. The molecule has 3 aromatic heterocycles. The zero-order valence-electron chi connectivity index (χ0n) is 12.9. The van der Waals surface area contributed by atoms with Crippen LogP contribution in [0.25, 0.3) is 4.96 Å². The monoisotopic (exact) mass is 344 g/mol. The number of piperazine rings is 1. The Bertz CT molecular complexity index is 795. The van der Waals surface area contributed by atoms with E-state index < -0.39 is 0 Å². The molecule has 4 rings (SSSR count). The van der Waals surface area contributed by atoms with Gasteiger partial charge in [-0.2, -0.15) is 9.61 Å². The molecule has 124 valence electrons. The Kier molecular flexibility index (Phi) is 4.03. The maximum atomic E-state index is 12.4. The van der Waals surface area contributed by atoms with E-state index in [-0.39, 0.29) is 5.91 Å². The molecule has 0 unspecified atom stereocenters. The fraction of sp³-hybridized carbons (Fsp3) is 0.429. The predicted molar refractivity (Wildman–Crippen MR) is 87.8 cm³/mol. The van der Waals surface area contributed by atoms with Crippen molar-refractivity contribution in [3.63, 3.8) is 0 Å². The average Bonchev–Trinajstić information content (AvgIpc) is 3.22. The molecule has 24 heavy (non-hydrogen) atoms. The van der Waals surface area contributed by atoms with E-state index in [0.717, 1.165) is 29.0 Å². The van der Waals surface area contributed by atoms with Crippen molar-refractivity contribution in [2.45, 2.75) is 12.8 Å². The first-order chi connectivity index (χ1) is 11.8. The fourth-order valence-electron chi connectivity index (χ4n) is 2.68. The SMILES string of the molecule is O=C(CCc1nn2cnnc2s1)N1CCN(c2ncccn2)CC1. The third-order valence-corrected chi connectivity index (χ3v) is 4.92. The second-order valence-electron chi connectivity index (χ2n) is 5.47. The number of nitrogens with zero attached hydrogens (tertiary/aromatic N) is 8. The molecule has 1 aliphatic heterocycles. The van der Waals surface area contributed by atoms with Gasteiger partial charge in [0.25, 0.3) is 0 Å². The van der Waals surface area contributed by atoms with E-state index in [4.69, 9.17) is 0 Å². The number of anilines is 1. The lowest BCUT2D eigenvalue weighted by Crippen LogP contribution is -2.49. The third kappa shape index (κ3) is 3.04. The Morgan fingerprint density at radius 2 is 1.96 bits per heavy atom. The van der Waals surface area contributed by atoms with Crippen LogP contribution in [0.5, 0.6) is 0 Å². The van der Waals surface area contributed by atoms with E-state index >= 15 is 0 Å². The Morgan fingerprint density at radius 1 is 1.17 bits per heavy atom. The van der Waals surface area contributed by atoms with Gasteiger partial charge in [-0.3, -0.25) is 4.79 Å². The Morgan fingerprint density at radius 3 is 2.71 bits per heavy atom. The summed E-state index contributed by atoms with van der Waals surface area (Å²) in [6.45, 7) is 2.91. The summed E-state index contributed by atoms with van der Waals surface area (Å²) in [5.41, 5.74) is 0. The molecule has 0 aromatic carbocycles. The summed E-state index contributed by atoms with van der Waals surface area (Å²) in [6.07, 6.45) is 6.14. The minimum Gasteiger partial charge on any atom is -0.339 e. The summed E-state index contributed by atoms with van der Waals surface area (Å²) >= 11 is 1.47. The van der Waals surface area contributed by atoms with Gasteiger partial charge in [0.15, 0.2) is 0 Å². The van der Waals surface area contributed by atoms with Crippen molar-refractivity contribution in [1.82, 2.24) is 34.7 Å². The summed E-state index contributed by atoms with van der Waals surface area (Å²) in [7, 11) is 0. The second-order valence-corrected chi connectivity index (χ2v) is 6.51. The smallest absolute Gasteiger partial charge is 0.234 e. The molecular weight excluding hydrogens is 328 g/mol. The van der Waals surface area contributed by atoms with Crippen LogP contribution in [0.2, 0.25) is 0 Å². The number of amides is 1. The second kappa shape index (κ2) is 6.48. The zero-order chi connectivity index (χ0) is 16.4. The molecule has 0 spiro atoms. The molecule has 0 aliphatic carbocycles. The van der Waals surface area contributed by atoms with Gasteiger partial charge < -0.3 is 9.80 Å². The van der Waals surface area contributed by atoms with Crippen molar-refractivity contribution in [1.29, 1.82) is 0 Å². The summed E-state index contributed by atoms with van der Waals surface area (Å²) < 4.78 is 1.64. The molecule has 1 aliphatic rings. The highest BCUT2D eigenvalue weighted by molar-refractivity contribution is 7.16. The van der Waals surface area contributed by atoms with Crippen LogP contribution in [0.3, 0.4) is 0 Å². The number of aryl methyl sites for hydroxylation is 1. The standard InChI is InChI=1S/C14H16N8OS/c23-12(3-2-11-19-22-10-17-18-14(22)24-11)20-6-8-21(9-7-20)13-15-4-1-5-16-13/h1,4-5,10H,2-3,6-9H2. The highest BCUT2D eigenvalue weighted by Crippen LogP contribution is 2.15. The van der Waals surface area contributed by atoms with Crippen molar-refractivity contribution < 1.29 is 4.79 Å². The number of carbonyl (C=O) groups excluding carboxylic acids is 1. The van der Waals surface area contributed by atoms with Crippen LogP contribution in [0.1, 0.15) is 11.4 Å². The fourth-order valence-corrected chi connectivity index (χ4v) is 3.50. The molecule has 0 radical (unpaired) electrons. The van der Waals surface area contributed by atoms with Gasteiger partial charge in [0.2, 0.25) is 16.8 Å². The molecule has 0 atom stereocenters. The summed E-state index contributed by atoms with van der Waals surface area (Å²) in [6, 6.07) is 1.80. The third-order valence-electron chi connectivity index (χ3n) is 3.95. The number of hydrogen-bond acceptors (Lipinski definition) is 8. The molecule has 0 bridgehead atoms. The zero-order valence-corrected chi connectivity index (χ0v) is 13.8. The Balaban J connectivity index is 1.29. The predicted octanol–water partition coefficient (Wildman–Crippen LogP) is 0.257. The lowest BCUT2D eigenvalue weighted by atomic mass is 10.2. The van der Waals surface area contributed by atoms with Crippen LogP contribution in [0.4, 0.5) is 5.95 Å². The molecule has 0 saturated carbocycles. The first-order valence-electron chi connectivity index (χ1n) is 7.75. The van der Waals surface area contributed by atoms with Crippen molar-refractivity contribution in [2.24, 2.45) is 0 Å². The average molecular weight is 344 g/mol. The van der Waals surface area contributed by atoms with Gasteiger partial charge in [-0.25, -0.2) is 9.97 Å². The molecule has 1 saturated heterocycles. The number of carbonyl (C=O) groups is 1. The van der Waals surface area contributed by atoms with Gasteiger partial charge in [0.1, 0.15) is 11.3 Å². The molecule has 10 heteroatoms. The van der Waals surface area contributed by atoms with Crippen LogP contribution < -0.4 is 4.90 Å². The van der Waals surface area contributed by atoms with Gasteiger partial charge in [-0.15, -0.1) is 10.2 Å². The molecule has 0 N–H and O–H groups in total. The Hall–Kier alpha value is -2.62. The molecule has 4 heterocycles. The topological polar surface area (TPSA) is 92.4 Å². The van der Waals surface area contributed by atoms with Crippen LogP contribution >= 0.6 is 11.3 Å². The molecule has 1 fully saturated rings. The normalized spacial score (nSPS) is 15.2. The van der Waals surface area contributed by atoms with Crippen molar-refractivity contribution in [3.8, 4) is 0 Å². The molecule has 1 amide bonds. The van der Waals surface area contributed by atoms with Gasteiger partial charge >= 0.3 is 0 Å². The quantitative estimate of drug-likeness (QED) is 0.670. The van der Waals surface area contributed by atoms with E-state index in [1.165, 1.54) is 11.3 Å². The molecule has 3 aromatic rings. The van der Waals surface area contributed by atoms with Crippen LogP contribution in [0.15, 0.2) is 24.8 Å². The number of fused-ring (bicyclic) bond motifs is 1. The Labute approximate surface area is 142 Å². The van der Waals surface area contributed by atoms with Crippen LogP contribution in [0, 0.1) is 0 Å². The minimum atomic E-state index is 0.162. The van der Waals surface area contributed by atoms with Crippen molar-refractivity contribution in [2.75, 3.05) is 31.1 Å². The van der Waals surface area contributed by atoms with Crippen molar-refractivity contribution in [3.05, 3.63) is 29.8 Å². The first kappa shape index (κ1) is 14.9. The maximum Gasteiger partial charge on any atom is 0.234 e. The van der Waals surface area contributed by atoms with Crippen LogP contribution in [-0.2, 0) is 11.2 Å². The highest BCUT2D eigenvalue weighted by Gasteiger charge is 2.22. The van der Waals surface area contributed by atoms with E-state index in [2.05, 4.69) is 30.2 Å².